The first-order valence-corrected chi connectivity index (χ1v) is 9.42. The SMILES string of the molecule is CCCCCc1cc(C2OCCO2)cc(OC)c1OCc1ccccc1. The van der Waals surface area contributed by atoms with Crippen LogP contribution in [0.4, 0.5) is 0 Å². The highest BCUT2D eigenvalue weighted by atomic mass is 16.7. The smallest absolute Gasteiger partial charge is 0.184 e. The van der Waals surface area contributed by atoms with E-state index in [1.165, 1.54) is 12.8 Å². The highest BCUT2D eigenvalue weighted by molar-refractivity contribution is 5.50. The van der Waals surface area contributed by atoms with Gasteiger partial charge in [0.25, 0.3) is 0 Å². The van der Waals surface area contributed by atoms with E-state index in [9.17, 15) is 0 Å². The molecule has 140 valence electrons. The summed E-state index contributed by atoms with van der Waals surface area (Å²) in [7, 11) is 1.68. The van der Waals surface area contributed by atoms with Crippen molar-refractivity contribution >= 4 is 0 Å². The van der Waals surface area contributed by atoms with Crippen LogP contribution in [0.1, 0.15) is 49.2 Å². The molecule has 2 aromatic carbocycles. The van der Waals surface area contributed by atoms with Crippen LogP contribution in [0.5, 0.6) is 11.5 Å². The summed E-state index contributed by atoms with van der Waals surface area (Å²) >= 11 is 0. The molecule has 1 saturated heterocycles. The third-order valence-electron chi connectivity index (χ3n) is 4.54. The molecule has 1 aliphatic heterocycles. The van der Waals surface area contributed by atoms with Crippen molar-refractivity contribution in [2.24, 2.45) is 0 Å². The van der Waals surface area contributed by atoms with Gasteiger partial charge in [0, 0.05) is 5.56 Å². The summed E-state index contributed by atoms with van der Waals surface area (Å²) in [6.45, 7) is 3.99. The van der Waals surface area contributed by atoms with Gasteiger partial charge in [0.2, 0.25) is 0 Å². The molecule has 26 heavy (non-hydrogen) atoms. The Labute approximate surface area is 156 Å². The molecule has 0 aromatic heterocycles. The van der Waals surface area contributed by atoms with Crippen molar-refractivity contribution in [3.05, 3.63) is 59.2 Å². The van der Waals surface area contributed by atoms with Crippen LogP contribution >= 0.6 is 0 Å². The van der Waals surface area contributed by atoms with Crippen LogP contribution in [0.2, 0.25) is 0 Å². The van der Waals surface area contributed by atoms with Crippen molar-refractivity contribution in [3.63, 3.8) is 0 Å². The fraction of sp³-hybridized carbons (Fsp3) is 0.455. The standard InChI is InChI=1S/C22H28O4/c1-3-4-6-11-18-14-19(22-24-12-13-25-22)15-20(23-2)21(18)26-16-17-9-7-5-8-10-17/h5,7-10,14-15,22H,3-4,6,11-13,16H2,1-2H3. The second-order valence-electron chi connectivity index (χ2n) is 6.52. The first-order chi connectivity index (χ1) is 12.8. The quantitative estimate of drug-likeness (QED) is 0.589. The molecule has 0 bridgehead atoms. The molecule has 0 unspecified atom stereocenters. The summed E-state index contributed by atoms with van der Waals surface area (Å²) in [5.74, 6) is 1.57. The fourth-order valence-electron chi connectivity index (χ4n) is 3.17. The van der Waals surface area contributed by atoms with Crippen LogP contribution in [0.15, 0.2) is 42.5 Å². The topological polar surface area (TPSA) is 36.9 Å². The lowest BCUT2D eigenvalue weighted by atomic mass is 10.0. The molecule has 4 nitrogen and oxygen atoms in total. The van der Waals surface area contributed by atoms with Gasteiger partial charge in [-0.2, -0.15) is 0 Å². The summed E-state index contributed by atoms with van der Waals surface area (Å²) in [4.78, 5) is 0. The predicted molar refractivity (Wildman–Crippen MR) is 102 cm³/mol. The molecule has 0 amide bonds. The monoisotopic (exact) mass is 356 g/mol. The Morgan fingerprint density at radius 1 is 1.04 bits per heavy atom. The van der Waals surface area contributed by atoms with Gasteiger partial charge in [0.15, 0.2) is 17.8 Å². The lowest BCUT2D eigenvalue weighted by molar-refractivity contribution is -0.0443. The molecule has 4 heteroatoms. The molecular weight excluding hydrogens is 328 g/mol. The third-order valence-corrected chi connectivity index (χ3v) is 4.54. The average Bonchev–Trinajstić information content (AvgIpc) is 3.22. The minimum Gasteiger partial charge on any atom is -0.493 e. The van der Waals surface area contributed by atoms with Crippen LogP contribution < -0.4 is 9.47 Å². The normalized spacial score (nSPS) is 14.5. The lowest BCUT2D eigenvalue weighted by Gasteiger charge is -2.19. The van der Waals surface area contributed by atoms with E-state index in [0.717, 1.165) is 41.0 Å². The zero-order valence-corrected chi connectivity index (χ0v) is 15.7. The second-order valence-corrected chi connectivity index (χ2v) is 6.52. The first-order valence-electron chi connectivity index (χ1n) is 9.42. The molecule has 0 radical (unpaired) electrons. The average molecular weight is 356 g/mol. The van der Waals surface area contributed by atoms with E-state index in [4.69, 9.17) is 18.9 Å². The Bertz CT molecular complexity index is 678. The van der Waals surface area contributed by atoms with Crippen LogP contribution in [-0.4, -0.2) is 20.3 Å². The van der Waals surface area contributed by atoms with E-state index < -0.39 is 0 Å². The minimum atomic E-state index is -0.308. The molecule has 0 aliphatic carbocycles. The van der Waals surface area contributed by atoms with Crippen molar-refractivity contribution in [1.29, 1.82) is 0 Å². The molecular formula is C22H28O4. The zero-order chi connectivity index (χ0) is 18.2. The van der Waals surface area contributed by atoms with Crippen molar-refractivity contribution in [2.75, 3.05) is 20.3 Å². The Hall–Kier alpha value is -2.04. The van der Waals surface area contributed by atoms with Crippen molar-refractivity contribution in [1.82, 2.24) is 0 Å². The number of benzene rings is 2. The number of rotatable bonds is 9. The predicted octanol–water partition coefficient (Wildman–Crippen LogP) is 5.05. The number of unbranched alkanes of at least 4 members (excludes halogenated alkanes) is 2. The maximum absolute atomic E-state index is 6.19. The Morgan fingerprint density at radius 2 is 1.81 bits per heavy atom. The Balaban J connectivity index is 1.85. The van der Waals surface area contributed by atoms with E-state index >= 15 is 0 Å². The number of aryl methyl sites for hydroxylation is 1. The van der Waals surface area contributed by atoms with Gasteiger partial charge in [-0.15, -0.1) is 0 Å². The largest absolute Gasteiger partial charge is 0.493 e. The Morgan fingerprint density at radius 3 is 2.50 bits per heavy atom. The van der Waals surface area contributed by atoms with Gasteiger partial charge in [0.1, 0.15) is 6.61 Å². The van der Waals surface area contributed by atoms with Gasteiger partial charge >= 0.3 is 0 Å². The Kier molecular flexibility index (Phi) is 6.92. The molecule has 0 saturated carbocycles. The number of ether oxygens (including phenoxy) is 4. The second kappa shape index (κ2) is 9.60. The molecule has 3 rings (SSSR count). The van der Waals surface area contributed by atoms with Crippen molar-refractivity contribution in [3.8, 4) is 11.5 Å². The van der Waals surface area contributed by atoms with E-state index in [1.54, 1.807) is 7.11 Å². The van der Waals surface area contributed by atoms with Gasteiger partial charge in [-0.3, -0.25) is 0 Å². The van der Waals surface area contributed by atoms with E-state index in [1.807, 2.05) is 24.3 Å². The number of hydrogen-bond acceptors (Lipinski definition) is 4. The molecule has 1 fully saturated rings. The van der Waals surface area contributed by atoms with Crippen LogP contribution in [0, 0.1) is 0 Å². The van der Waals surface area contributed by atoms with Crippen LogP contribution in [-0.2, 0) is 22.5 Å². The maximum Gasteiger partial charge on any atom is 0.184 e. The van der Waals surface area contributed by atoms with Crippen molar-refractivity contribution in [2.45, 2.75) is 45.5 Å². The highest BCUT2D eigenvalue weighted by Gasteiger charge is 2.22. The molecule has 1 heterocycles. The fourth-order valence-corrected chi connectivity index (χ4v) is 3.17. The van der Waals surface area contributed by atoms with Crippen LogP contribution in [0.25, 0.3) is 0 Å². The van der Waals surface area contributed by atoms with Crippen LogP contribution in [0.3, 0.4) is 0 Å². The van der Waals surface area contributed by atoms with E-state index in [-0.39, 0.29) is 6.29 Å². The minimum absolute atomic E-state index is 0.308. The highest BCUT2D eigenvalue weighted by Crippen LogP contribution is 2.38. The molecule has 0 spiro atoms. The van der Waals surface area contributed by atoms with Crippen molar-refractivity contribution < 1.29 is 18.9 Å². The summed E-state index contributed by atoms with van der Waals surface area (Å²) in [5, 5.41) is 0. The lowest BCUT2D eigenvalue weighted by Crippen LogP contribution is -2.05. The summed E-state index contributed by atoms with van der Waals surface area (Å²) < 4.78 is 23.2. The van der Waals surface area contributed by atoms with Gasteiger partial charge < -0.3 is 18.9 Å². The summed E-state index contributed by atoms with van der Waals surface area (Å²) in [6.07, 6.45) is 4.15. The first kappa shape index (κ1) is 18.7. The molecule has 0 atom stereocenters. The molecule has 2 aromatic rings. The van der Waals surface area contributed by atoms with Gasteiger partial charge in [0.05, 0.1) is 20.3 Å². The summed E-state index contributed by atoms with van der Waals surface area (Å²) in [6, 6.07) is 14.3. The molecule has 1 aliphatic rings. The number of methoxy groups -OCH3 is 1. The zero-order valence-electron chi connectivity index (χ0n) is 15.7. The maximum atomic E-state index is 6.19. The van der Waals surface area contributed by atoms with Gasteiger partial charge in [-0.05, 0) is 36.1 Å². The van der Waals surface area contributed by atoms with E-state index in [2.05, 4.69) is 25.1 Å². The van der Waals surface area contributed by atoms with E-state index in [0.29, 0.717) is 19.8 Å². The molecule has 0 N–H and O–H groups in total. The third kappa shape index (κ3) is 4.77. The van der Waals surface area contributed by atoms with Gasteiger partial charge in [-0.25, -0.2) is 0 Å². The van der Waals surface area contributed by atoms with Gasteiger partial charge in [-0.1, -0.05) is 50.1 Å². The number of hydrogen-bond donors (Lipinski definition) is 0. The summed E-state index contributed by atoms with van der Waals surface area (Å²) in [5.41, 5.74) is 3.29.